The molecule has 6 nitrogen and oxygen atoms in total. The quantitative estimate of drug-likeness (QED) is 0.181. The van der Waals surface area contributed by atoms with Gasteiger partial charge in [0.2, 0.25) is 0 Å². The van der Waals surface area contributed by atoms with Gasteiger partial charge in [-0.25, -0.2) is 4.79 Å². The van der Waals surface area contributed by atoms with Crippen molar-refractivity contribution in [2.75, 3.05) is 13.1 Å². The Labute approximate surface area is 171 Å². The number of carbonyl (C=O) groups is 1. The summed E-state index contributed by atoms with van der Waals surface area (Å²) in [5, 5.41) is 2.88. The van der Waals surface area contributed by atoms with Crippen molar-refractivity contribution in [1.82, 2.24) is 5.32 Å². The van der Waals surface area contributed by atoms with Crippen molar-refractivity contribution in [2.24, 2.45) is 0 Å². The van der Waals surface area contributed by atoms with E-state index in [9.17, 15) is 13.2 Å². The van der Waals surface area contributed by atoms with E-state index in [1.807, 2.05) is 37.3 Å². The zero-order valence-electron chi connectivity index (χ0n) is 16.0. The highest BCUT2D eigenvalue weighted by molar-refractivity contribution is 7.85. The minimum Gasteiger partial charge on any atom is -0.427 e. The molecule has 0 aliphatic heterocycles. The van der Waals surface area contributed by atoms with Crippen LogP contribution in [0.1, 0.15) is 11.1 Å². The van der Waals surface area contributed by atoms with Crippen molar-refractivity contribution < 1.29 is 22.5 Å². The Morgan fingerprint density at radius 2 is 1.83 bits per heavy atom. The summed E-state index contributed by atoms with van der Waals surface area (Å²) in [5.74, 6) is 2.30. The maximum absolute atomic E-state index is 11.4. The van der Waals surface area contributed by atoms with E-state index in [0.29, 0.717) is 18.8 Å². The highest BCUT2D eigenvalue weighted by Gasteiger charge is 2.06. The van der Waals surface area contributed by atoms with Crippen LogP contribution in [0.2, 0.25) is 0 Å². The van der Waals surface area contributed by atoms with E-state index in [-0.39, 0.29) is 4.90 Å². The van der Waals surface area contributed by atoms with Crippen molar-refractivity contribution in [3.8, 4) is 12.3 Å². The first kappa shape index (κ1) is 23.9. The smallest absolute Gasteiger partial charge is 0.335 e. The number of nitrogens with one attached hydrogen (secondary N) is 1. The molecule has 0 amide bonds. The number of rotatable bonds is 7. The van der Waals surface area contributed by atoms with E-state index in [4.69, 9.17) is 15.7 Å². The van der Waals surface area contributed by atoms with E-state index in [1.54, 1.807) is 18.2 Å². The average Bonchev–Trinajstić information content (AvgIpc) is 2.67. The Hall–Kier alpha value is -3.18. The molecule has 2 rings (SSSR count). The molecular weight excluding hydrogens is 390 g/mol. The van der Waals surface area contributed by atoms with E-state index >= 15 is 0 Å². The number of esters is 1. The van der Waals surface area contributed by atoms with Gasteiger partial charge in [-0.15, -0.1) is 6.42 Å². The average molecular weight is 413 g/mol. The molecule has 0 heterocycles. The molecule has 0 radical (unpaired) electrons. The molecule has 0 spiro atoms. The lowest BCUT2D eigenvalue weighted by Crippen LogP contribution is -2.19. The van der Waals surface area contributed by atoms with Gasteiger partial charge in [0.1, 0.15) is 5.76 Å². The molecule has 0 fully saturated rings. The van der Waals surface area contributed by atoms with Gasteiger partial charge in [0, 0.05) is 6.08 Å². The van der Waals surface area contributed by atoms with Crippen LogP contribution in [-0.4, -0.2) is 32.0 Å². The molecular formula is C22H23NO5S. The Balaban J connectivity index is 0.000000326. The number of hydrogen-bond acceptors (Lipinski definition) is 5. The van der Waals surface area contributed by atoms with Crippen molar-refractivity contribution in [3.05, 3.63) is 84.1 Å². The number of carbonyl (C=O) groups excluding carboxylic acids is 1. The molecule has 152 valence electrons. The van der Waals surface area contributed by atoms with Crippen LogP contribution in [0, 0.1) is 19.3 Å². The molecule has 0 saturated heterocycles. The summed E-state index contributed by atoms with van der Waals surface area (Å²) < 4.78 is 34.5. The minimum absolute atomic E-state index is 0.0666. The second-order valence-electron chi connectivity index (χ2n) is 5.80. The maximum atomic E-state index is 11.4. The third-order valence-corrected chi connectivity index (χ3v) is 4.19. The van der Waals surface area contributed by atoms with Crippen LogP contribution in [0.4, 0.5) is 0 Å². The zero-order valence-corrected chi connectivity index (χ0v) is 16.9. The topological polar surface area (TPSA) is 92.7 Å². The third kappa shape index (κ3) is 10.7. The molecule has 2 aromatic rings. The molecule has 0 aliphatic carbocycles. The van der Waals surface area contributed by atoms with Crippen LogP contribution in [0.5, 0.6) is 0 Å². The summed E-state index contributed by atoms with van der Waals surface area (Å²) in [7, 11) is -4.02. The van der Waals surface area contributed by atoms with Gasteiger partial charge in [0.15, 0.2) is 0 Å². The third-order valence-electron chi connectivity index (χ3n) is 3.32. The summed E-state index contributed by atoms with van der Waals surface area (Å²) >= 11 is 0. The Morgan fingerprint density at radius 1 is 1.21 bits per heavy atom. The molecule has 29 heavy (non-hydrogen) atoms. The molecule has 2 aromatic carbocycles. The van der Waals surface area contributed by atoms with Gasteiger partial charge in [0.25, 0.3) is 10.1 Å². The van der Waals surface area contributed by atoms with Crippen LogP contribution < -0.4 is 5.32 Å². The summed E-state index contributed by atoms with van der Waals surface area (Å²) in [6.07, 6.45) is 8.11. The Morgan fingerprint density at radius 3 is 2.38 bits per heavy atom. The van der Waals surface area contributed by atoms with Gasteiger partial charge in [-0.05, 0) is 30.7 Å². The highest BCUT2D eigenvalue weighted by atomic mass is 32.2. The van der Waals surface area contributed by atoms with E-state index in [0.717, 1.165) is 11.1 Å². The summed E-state index contributed by atoms with van der Waals surface area (Å²) in [4.78, 5) is 11.4. The first-order valence-electron chi connectivity index (χ1n) is 8.53. The molecule has 0 aliphatic rings. The van der Waals surface area contributed by atoms with Gasteiger partial charge in [-0.3, -0.25) is 9.87 Å². The van der Waals surface area contributed by atoms with E-state index in [1.165, 1.54) is 18.2 Å². The largest absolute Gasteiger partial charge is 0.427 e. The van der Waals surface area contributed by atoms with Gasteiger partial charge < -0.3 is 4.74 Å². The minimum atomic E-state index is -4.02. The maximum Gasteiger partial charge on any atom is 0.335 e. The summed E-state index contributed by atoms with van der Waals surface area (Å²) in [6.45, 7) is 6.22. The lowest BCUT2D eigenvalue weighted by atomic mass is 10.2. The van der Waals surface area contributed by atoms with Crippen LogP contribution in [0.3, 0.4) is 0 Å². The van der Waals surface area contributed by atoms with Crippen LogP contribution in [-0.2, 0) is 19.6 Å². The SMILES string of the molecule is C#CCNCC(=C)OC(=O)/C=C/c1ccccc1.Cc1ccc(S(=O)(=O)O)cc1. The Kier molecular flexibility index (Phi) is 10.1. The molecule has 0 atom stereocenters. The Bertz CT molecular complexity index is 972. The molecule has 0 bridgehead atoms. The fourth-order valence-corrected chi connectivity index (χ4v) is 2.41. The summed E-state index contributed by atoms with van der Waals surface area (Å²) in [5.41, 5.74) is 1.89. The fraction of sp³-hybridized carbons (Fsp3) is 0.136. The molecule has 2 N–H and O–H groups in total. The van der Waals surface area contributed by atoms with Crippen LogP contribution >= 0.6 is 0 Å². The second kappa shape index (κ2) is 12.3. The number of benzene rings is 2. The van der Waals surface area contributed by atoms with E-state index < -0.39 is 16.1 Å². The number of terminal acetylenes is 1. The first-order valence-corrected chi connectivity index (χ1v) is 9.97. The zero-order chi connectivity index (χ0) is 21.7. The van der Waals surface area contributed by atoms with Gasteiger partial charge >= 0.3 is 5.97 Å². The second-order valence-corrected chi connectivity index (χ2v) is 7.22. The first-order chi connectivity index (χ1) is 13.7. The predicted octanol–water partition coefficient (Wildman–Crippen LogP) is 3.22. The molecule has 0 unspecified atom stereocenters. The van der Waals surface area contributed by atoms with Crippen LogP contribution in [0.25, 0.3) is 6.08 Å². The van der Waals surface area contributed by atoms with Crippen molar-refractivity contribution >= 4 is 22.2 Å². The van der Waals surface area contributed by atoms with E-state index in [2.05, 4.69) is 17.8 Å². The van der Waals surface area contributed by atoms with Crippen molar-refractivity contribution in [3.63, 3.8) is 0 Å². The normalized spacial score (nSPS) is 10.5. The predicted molar refractivity (Wildman–Crippen MR) is 113 cm³/mol. The van der Waals surface area contributed by atoms with Gasteiger partial charge in [-0.2, -0.15) is 8.42 Å². The molecule has 0 saturated carbocycles. The highest BCUT2D eigenvalue weighted by Crippen LogP contribution is 2.08. The lowest BCUT2D eigenvalue weighted by molar-refractivity contribution is -0.133. The standard InChI is InChI=1S/C15H15NO2.C7H8O3S/c1-3-11-16-12-13(2)18-15(17)10-9-14-7-5-4-6-8-14;1-6-2-4-7(5-3-6)11(8,9)10/h1,4-10,16H,2,11-12H2;2-5H,1H3,(H,8,9,10)/b10-9+;. The molecule has 0 aromatic heterocycles. The van der Waals surface area contributed by atoms with Gasteiger partial charge in [0.05, 0.1) is 18.0 Å². The monoisotopic (exact) mass is 413 g/mol. The number of hydrogen-bond donors (Lipinski definition) is 2. The van der Waals surface area contributed by atoms with Crippen molar-refractivity contribution in [1.29, 1.82) is 0 Å². The number of ether oxygens (including phenoxy) is 1. The van der Waals surface area contributed by atoms with Gasteiger partial charge in [-0.1, -0.05) is 60.5 Å². The van der Waals surface area contributed by atoms with Crippen LogP contribution in [0.15, 0.2) is 77.9 Å². The molecule has 7 heteroatoms. The lowest BCUT2D eigenvalue weighted by Gasteiger charge is -2.04. The number of aryl methyl sites for hydroxylation is 1. The van der Waals surface area contributed by atoms with Crippen molar-refractivity contribution in [2.45, 2.75) is 11.8 Å². The fourth-order valence-electron chi connectivity index (χ4n) is 1.93. The summed E-state index contributed by atoms with van der Waals surface area (Å²) in [6, 6.07) is 15.5.